The highest BCUT2D eigenvalue weighted by atomic mass is 32.1. The summed E-state index contributed by atoms with van der Waals surface area (Å²) in [7, 11) is 0. The zero-order valence-electron chi connectivity index (χ0n) is 13.3. The lowest BCUT2D eigenvalue weighted by atomic mass is 9.86. The Balaban J connectivity index is 2.39. The molecule has 1 N–H and O–H groups in total. The number of hydrogen-bond acceptors (Lipinski definition) is 4. The van der Waals surface area contributed by atoms with E-state index in [1.807, 2.05) is 58.0 Å². The molecule has 1 atom stereocenters. The van der Waals surface area contributed by atoms with E-state index in [1.165, 1.54) is 16.2 Å². The first kappa shape index (κ1) is 16.4. The second-order valence-electron chi connectivity index (χ2n) is 6.32. The van der Waals surface area contributed by atoms with Crippen LogP contribution >= 0.6 is 11.3 Å². The number of rotatable bonds is 4. The van der Waals surface area contributed by atoms with Gasteiger partial charge in [0.1, 0.15) is 10.0 Å². The summed E-state index contributed by atoms with van der Waals surface area (Å²) in [6, 6.07) is 9.27. The highest BCUT2D eigenvalue weighted by Gasteiger charge is 2.37. The van der Waals surface area contributed by atoms with E-state index in [0.29, 0.717) is 6.54 Å². The lowest BCUT2D eigenvalue weighted by Crippen LogP contribution is -2.40. The van der Waals surface area contributed by atoms with Gasteiger partial charge in [-0.25, -0.2) is 4.79 Å². The van der Waals surface area contributed by atoms with E-state index in [4.69, 9.17) is 0 Å². The average Bonchev–Trinajstić information content (AvgIpc) is 2.83. The maximum Gasteiger partial charge on any atom is 0.408 e. The number of aryl methyl sites for hydroxylation is 1. The molecule has 1 amide bonds. The average molecular weight is 319 g/mol. The number of carboxylic acid groups (broad SMARTS) is 1. The Bertz CT molecular complexity index is 634. The van der Waals surface area contributed by atoms with Crippen LogP contribution in [-0.4, -0.2) is 26.3 Å². The molecule has 0 radical (unpaired) electrons. The summed E-state index contributed by atoms with van der Waals surface area (Å²) in [6.45, 7) is 8.28. The molecule has 0 saturated carbocycles. The first-order valence-corrected chi connectivity index (χ1v) is 7.94. The second kappa shape index (κ2) is 6.44. The summed E-state index contributed by atoms with van der Waals surface area (Å²) in [4.78, 5) is 13.3. The lowest BCUT2D eigenvalue weighted by molar-refractivity contribution is 0.0765. The molecule has 0 bridgehead atoms. The number of amides is 1. The van der Waals surface area contributed by atoms with Crippen LogP contribution in [0.5, 0.6) is 0 Å². The molecule has 118 valence electrons. The van der Waals surface area contributed by atoms with Crippen molar-refractivity contribution in [1.29, 1.82) is 0 Å². The van der Waals surface area contributed by atoms with Crippen molar-refractivity contribution in [3.05, 3.63) is 45.9 Å². The Morgan fingerprint density at radius 1 is 1.27 bits per heavy atom. The van der Waals surface area contributed by atoms with Crippen molar-refractivity contribution in [3.63, 3.8) is 0 Å². The molecule has 5 nitrogen and oxygen atoms in total. The largest absolute Gasteiger partial charge is 0.465 e. The summed E-state index contributed by atoms with van der Waals surface area (Å²) in [5, 5.41) is 19.5. The van der Waals surface area contributed by atoms with Gasteiger partial charge in [-0.15, -0.1) is 10.2 Å². The Kier molecular flexibility index (Phi) is 4.81. The van der Waals surface area contributed by atoms with Crippen LogP contribution in [0.1, 0.15) is 42.4 Å². The van der Waals surface area contributed by atoms with Gasteiger partial charge >= 0.3 is 6.09 Å². The summed E-state index contributed by atoms with van der Waals surface area (Å²) in [5.74, 6) is 0. The number of nitrogens with zero attached hydrogens (tertiary/aromatic N) is 3. The van der Waals surface area contributed by atoms with Crippen LogP contribution in [0, 0.1) is 12.3 Å². The van der Waals surface area contributed by atoms with Crippen LogP contribution in [-0.2, 0) is 6.54 Å². The van der Waals surface area contributed by atoms with E-state index >= 15 is 0 Å². The zero-order chi connectivity index (χ0) is 16.3. The van der Waals surface area contributed by atoms with Gasteiger partial charge in [0, 0.05) is 6.54 Å². The molecule has 1 heterocycles. The predicted octanol–water partition coefficient (Wildman–Crippen LogP) is 4.11. The molecule has 2 rings (SSSR count). The van der Waals surface area contributed by atoms with Crippen molar-refractivity contribution in [2.75, 3.05) is 0 Å². The lowest BCUT2D eigenvalue weighted by Gasteiger charge is -2.37. The van der Waals surface area contributed by atoms with E-state index in [9.17, 15) is 9.90 Å². The number of carbonyl (C=O) groups is 1. The van der Waals surface area contributed by atoms with Gasteiger partial charge in [0.2, 0.25) is 0 Å². The highest BCUT2D eigenvalue weighted by Crippen LogP contribution is 2.40. The fourth-order valence-electron chi connectivity index (χ4n) is 2.44. The molecule has 0 unspecified atom stereocenters. The van der Waals surface area contributed by atoms with Crippen molar-refractivity contribution < 1.29 is 9.90 Å². The van der Waals surface area contributed by atoms with E-state index in [1.54, 1.807) is 0 Å². The number of aromatic nitrogens is 2. The van der Waals surface area contributed by atoms with Gasteiger partial charge in [-0.3, -0.25) is 4.90 Å². The van der Waals surface area contributed by atoms with E-state index in [-0.39, 0.29) is 11.5 Å². The standard InChI is InChI=1S/C16H21N3O2S/c1-11-17-18-14(22-11)13(16(2,3)4)19(15(20)21)10-12-8-6-5-7-9-12/h5-9,13H,10H2,1-4H3,(H,20,21)/t13-/m1/s1. The number of benzene rings is 1. The van der Waals surface area contributed by atoms with Crippen molar-refractivity contribution >= 4 is 17.4 Å². The fraction of sp³-hybridized carbons (Fsp3) is 0.438. The minimum absolute atomic E-state index is 0.279. The molecular weight excluding hydrogens is 298 g/mol. The van der Waals surface area contributed by atoms with Crippen molar-refractivity contribution in [3.8, 4) is 0 Å². The van der Waals surface area contributed by atoms with Gasteiger partial charge < -0.3 is 5.11 Å². The molecular formula is C16H21N3O2S. The summed E-state index contributed by atoms with van der Waals surface area (Å²) in [5.41, 5.74) is 0.680. The first-order chi connectivity index (χ1) is 10.3. The van der Waals surface area contributed by atoms with Crippen LogP contribution in [0.25, 0.3) is 0 Å². The van der Waals surface area contributed by atoms with Gasteiger partial charge in [0.15, 0.2) is 0 Å². The maximum absolute atomic E-state index is 11.9. The molecule has 6 heteroatoms. The third kappa shape index (κ3) is 3.82. The topological polar surface area (TPSA) is 66.3 Å². The third-order valence-electron chi connectivity index (χ3n) is 3.35. The molecule has 0 fully saturated rings. The first-order valence-electron chi connectivity index (χ1n) is 7.12. The minimum atomic E-state index is -0.948. The quantitative estimate of drug-likeness (QED) is 0.920. The molecule has 22 heavy (non-hydrogen) atoms. The van der Waals surface area contributed by atoms with Crippen LogP contribution in [0.3, 0.4) is 0 Å². The normalized spacial score (nSPS) is 12.9. The van der Waals surface area contributed by atoms with Crippen molar-refractivity contribution in [1.82, 2.24) is 15.1 Å². The Labute approximate surface area is 134 Å². The summed E-state index contributed by atoms with van der Waals surface area (Å²) >= 11 is 1.45. The SMILES string of the molecule is Cc1nnc([C@@H](N(Cc2ccccc2)C(=O)O)C(C)(C)C)s1. The van der Waals surface area contributed by atoms with Crippen molar-refractivity contribution in [2.24, 2.45) is 5.41 Å². The van der Waals surface area contributed by atoms with E-state index < -0.39 is 6.09 Å². The summed E-state index contributed by atoms with van der Waals surface area (Å²) in [6.07, 6.45) is -0.948. The summed E-state index contributed by atoms with van der Waals surface area (Å²) < 4.78 is 0. The van der Waals surface area contributed by atoms with Gasteiger partial charge in [-0.2, -0.15) is 0 Å². The Morgan fingerprint density at radius 2 is 1.91 bits per heavy atom. The molecule has 0 aliphatic rings. The van der Waals surface area contributed by atoms with Gasteiger partial charge in [0.25, 0.3) is 0 Å². The predicted molar refractivity (Wildman–Crippen MR) is 86.9 cm³/mol. The number of hydrogen-bond donors (Lipinski definition) is 1. The van der Waals surface area contributed by atoms with Crippen molar-refractivity contribution in [2.45, 2.75) is 40.3 Å². The maximum atomic E-state index is 11.9. The minimum Gasteiger partial charge on any atom is -0.465 e. The van der Waals surface area contributed by atoms with Crippen LogP contribution in [0.4, 0.5) is 4.79 Å². The molecule has 0 aliphatic heterocycles. The molecule has 0 aliphatic carbocycles. The van der Waals surface area contributed by atoms with E-state index in [2.05, 4.69) is 10.2 Å². The van der Waals surface area contributed by atoms with Crippen LogP contribution < -0.4 is 0 Å². The molecule has 0 spiro atoms. The monoisotopic (exact) mass is 319 g/mol. The smallest absolute Gasteiger partial charge is 0.408 e. The van der Waals surface area contributed by atoms with Gasteiger partial charge in [-0.1, -0.05) is 62.4 Å². The molecule has 1 aromatic heterocycles. The Hall–Kier alpha value is -1.95. The van der Waals surface area contributed by atoms with Crippen LogP contribution in [0.2, 0.25) is 0 Å². The van der Waals surface area contributed by atoms with E-state index in [0.717, 1.165) is 15.6 Å². The molecule has 1 aromatic carbocycles. The highest BCUT2D eigenvalue weighted by molar-refractivity contribution is 7.11. The zero-order valence-corrected chi connectivity index (χ0v) is 14.1. The third-order valence-corrected chi connectivity index (χ3v) is 4.24. The fourth-order valence-corrected chi connectivity index (χ4v) is 3.50. The van der Waals surface area contributed by atoms with Crippen LogP contribution in [0.15, 0.2) is 30.3 Å². The Morgan fingerprint density at radius 3 is 2.36 bits per heavy atom. The van der Waals surface area contributed by atoms with Gasteiger partial charge in [-0.05, 0) is 17.9 Å². The second-order valence-corrected chi connectivity index (χ2v) is 7.54. The molecule has 2 aromatic rings. The molecule has 0 saturated heterocycles. The van der Waals surface area contributed by atoms with Gasteiger partial charge in [0.05, 0.1) is 6.04 Å².